The van der Waals surface area contributed by atoms with Gasteiger partial charge in [0.2, 0.25) is 10.0 Å². The van der Waals surface area contributed by atoms with E-state index >= 15 is 0 Å². The van der Waals surface area contributed by atoms with Crippen molar-refractivity contribution >= 4 is 15.7 Å². The summed E-state index contributed by atoms with van der Waals surface area (Å²) in [5.74, 6) is -2.12. The van der Waals surface area contributed by atoms with Crippen molar-refractivity contribution in [3.05, 3.63) is 23.8 Å². The van der Waals surface area contributed by atoms with Crippen LogP contribution in [-0.4, -0.2) is 38.5 Å². The molecular weight excluding hydrogens is 290 g/mol. The Morgan fingerprint density at radius 1 is 1.35 bits per heavy atom. The lowest BCUT2D eigenvalue weighted by atomic mass is 10.3. The van der Waals surface area contributed by atoms with Crippen molar-refractivity contribution in [2.75, 3.05) is 25.4 Å². The summed E-state index contributed by atoms with van der Waals surface area (Å²) in [7, 11) is -4.06. The third-order valence-corrected chi connectivity index (χ3v) is 4.96. The van der Waals surface area contributed by atoms with Gasteiger partial charge < -0.3 is 10.5 Å². The van der Waals surface area contributed by atoms with E-state index in [4.69, 9.17) is 10.5 Å². The number of rotatable bonds is 2. The maximum Gasteiger partial charge on any atom is 0.246 e. The average molecular weight is 306 g/mol. The normalized spacial score (nSPS) is 21.6. The van der Waals surface area contributed by atoms with E-state index in [1.807, 2.05) is 0 Å². The quantitative estimate of drug-likeness (QED) is 0.837. The number of hydrogen-bond acceptors (Lipinski definition) is 4. The molecule has 20 heavy (non-hydrogen) atoms. The molecule has 1 aliphatic heterocycles. The van der Waals surface area contributed by atoms with Crippen LogP contribution in [0.15, 0.2) is 17.0 Å². The molecule has 1 fully saturated rings. The van der Waals surface area contributed by atoms with Crippen molar-refractivity contribution in [3.63, 3.8) is 0 Å². The highest BCUT2D eigenvalue weighted by Crippen LogP contribution is 2.25. The number of nitrogens with two attached hydrogens (primary N) is 1. The van der Waals surface area contributed by atoms with E-state index in [1.165, 1.54) is 0 Å². The Bertz CT molecular complexity index is 607. The van der Waals surface area contributed by atoms with Gasteiger partial charge in [0, 0.05) is 25.8 Å². The summed E-state index contributed by atoms with van der Waals surface area (Å²) in [5, 5.41) is 0. The minimum absolute atomic E-state index is 0.124. The zero-order chi connectivity index (χ0) is 14.9. The van der Waals surface area contributed by atoms with Crippen LogP contribution < -0.4 is 5.73 Å². The van der Waals surface area contributed by atoms with E-state index in [2.05, 4.69) is 0 Å². The van der Waals surface area contributed by atoms with Gasteiger partial charge >= 0.3 is 0 Å². The zero-order valence-electron chi connectivity index (χ0n) is 11.0. The molecule has 2 rings (SSSR count). The Morgan fingerprint density at radius 3 is 2.75 bits per heavy atom. The molecule has 0 radical (unpaired) electrons. The molecule has 1 aliphatic rings. The Morgan fingerprint density at radius 2 is 2.05 bits per heavy atom. The van der Waals surface area contributed by atoms with E-state index in [-0.39, 0.29) is 19.2 Å². The number of anilines is 1. The third-order valence-electron chi connectivity index (χ3n) is 3.08. The summed E-state index contributed by atoms with van der Waals surface area (Å²) in [6, 6.07) is 1.30. The minimum atomic E-state index is -4.06. The molecule has 0 aliphatic carbocycles. The summed E-state index contributed by atoms with van der Waals surface area (Å²) >= 11 is 0. The van der Waals surface area contributed by atoms with Gasteiger partial charge in [0.05, 0.1) is 11.8 Å². The SMILES string of the molecule is CC1CN(S(=O)(=O)c2cc(N)c(F)cc2F)CCCO1. The summed E-state index contributed by atoms with van der Waals surface area (Å²) in [6.07, 6.45) is 0.232. The van der Waals surface area contributed by atoms with Gasteiger partial charge in [0.25, 0.3) is 0 Å². The van der Waals surface area contributed by atoms with Gasteiger partial charge in [-0.25, -0.2) is 17.2 Å². The second-order valence-corrected chi connectivity index (χ2v) is 6.61. The van der Waals surface area contributed by atoms with E-state index in [0.717, 1.165) is 10.4 Å². The van der Waals surface area contributed by atoms with Crippen molar-refractivity contribution in [3.8, 4) is 0 Å². The average Bonchev–Trinajstić information content (AvgIpc) is 2.58. The predicted octanol–water partition coefficient (Wildman–Crippen LogP) is 1.35. The number of benzene rings is 1. The maximum absolute atomic E-state index is 13.7. The fraction of sp³-hybridized carbons (Fsp3) is 0.500. The monoisotopic (exact) mass is 306 g/mol. The Hall–Kier alpha value is -1.25. The lowest BCUT2D eigenvalue weighted by molar-refractivity contribution is 0.0752. The Balaban J connectivity index is 2.41. The smallest absolute Gasteiger partial charge is 0.246 e. The first-order valence-corrected chi connectivity index (χ1v) is 7.62. The van der Waals surface area contributed by atoms with Gasteiger partial charge in [0.15, 0.2) is 0 Å². The fourth-order valence-electron chi connectivity index (χ4n) is 2.06. The Kier molecular flexibility index (Phi) is 4.26. The molecule has 1 atom stereocenters. The lowest BCUT2D eigenvalue weighted by Crippen LogP contribution is -2.36. The predicted molar refractivity (Wildman–Crippen MR) is 69.6 cm³/mol. The van der Waals surface area contributed by atoms with E-state index in [1.54, 1.807) is 6.92 Å². The summed E-state index contributed by atoms with van der Waals surface area (Å²) < 4.78 is 58.2. The first-order chi connectivity index (χ1) is 9.32. The molecule has 112 valence electrons. The van der Waals surface area contributed by atoms with E-state index in [9.17, 15) is 17.2 Å². The standard InChI is InChI=1S/C12H16F2N2O3S/c1-8-7-16(3-2-4-19-8)20(17,18)12-6-11(15)9(13)5-10(12)14/h5-6,8H,2-4,7,15H2,1H3. The van der Waals surface area contributed by atoms with Gasteiger partial charge in [-0.05, 0) is 19.4 Å². The molecule has 1 aromatic rings. The molecule has 5 nitrogen and oxygen atoms in total. The second kappa shape index (κ2) is 5.63. The fourth-order valence-corrected chi connectivity index (χ4v) is 3.69. The zero-order valence-corrected chi connectivity index (χ0v) is 11.8. The molecule has 0 spiro atoms. The summed E-state index contributed by atoms with van der Waals surface area (Å²) in [5.41, 5.74) is 4.93. The van der Waals surface area contributed by atoms with Gasteiger partial charge in [-0.2, -0.15) is 4.31 Å². The molecule has 0 bridgehead atoms. The van der Waals surface area contributed by atoms with Crippen LogP contribution in [0.4, 0.5) is 14.5 Å². The summed E-state index contributed by atoms with van der Waals surface area (Å²) in [4.78, 5) is -0.606. The number of hydrogen-bond donors (Lipinski definition) is 1. The Labute approximate surface area is 116 Å². The van der Waals surface area contributed by atoms with Crippen LogP contribution >= 0.6 is 0 Å². The molecule has 1 aromatic carbocycles. The number of sulfonamides is 1. The van der Waals surface area contributed by atoms with E-state index < -0.39 is 32.2 Å². The largest absolute Gasteiger partial charge is 0.396 e. The highest BCUT2D eigenvalue weighted by Gasteiger charge is 2.30. The molecule has 0 saturated carbocycles. The lowest BCUT2D eigenvalue weighted by Gasteiger charge is -2.22. The van der Waals surface area contributed by atoms with Gasteiger partial charge in [-0.1, -0.05) is 0 Å². The molecule has 0 amide bonds. The van der Waals surface area contributed by atoms with Gasteiger partial charge in [-0.15, -0.1) is 0 Å². The van der Waals surface area contributed by atoms with Crippen LogP contribution in [0.25, 0.3) is 0 Å². The van der Waals surface area contributed by atoms with Crippen LogP contribution in [0, 0.1) is 11.6 Å². The van der Waals surface area contributed by atoms with Crippen molar-refractivity contribution in [2.24, 2.45) is 0 Å². The van der Waals surface area contributed by atoms with Gasteiger partial charge in [-0.3, -0.25) is 0 Å². The van der Waals surface area contributed by atoms with Gasteiger partial charge in [0.1, 0.15) is 16.5 Å². The molecule has 8 heteroatoms. The van der Waals surface area contributed by atoms with Crippen LogP contribution in [0.5, 0.6) is 0 Å². The maximum atomic E-state index is 13.7. The van der Waals surface area contributed by atoms with Crippen LogP contribution in [0.2, 0.25) is 0 Å². The topological polar surface area (TPSA) is 72.6 Å². The summed E-state index contributed by atoms with van der Waals surface area (Å²) in [6.45, 7) is 2.53. The molecule has 1 saturated heterocycles. The number of nitrogens with zero attached hydrogens (tertiary/aromatic N) is 1. The molecule has 1 heterocycles. The van der Waals surface area contributed by atoms with E-state index in [0.29, 0.717) is 19.1 Å². The first-order valence-electron chi connectivity index (χ1n) is 6.18. The van der Waals surface area contributed by atoms with Crippen molar-refractivity contribution in [1.82, 2.24) is 4.31 Å². The highest BCUT2D eigenvalue weighted by atomic mass is 32.2. The highest BCUT2D eigenvalue weighted by molar-refractivity contribution is 7.89. The molecule has 2 N–H and O–H groups in total. The van der Waals surface area contributed by atoms with Crippen LogP contribution in [0.1, 0.15) is 13.3 Å². The number of nitrogen functional groups attached to an aromatic ring is 1. The number of halogens is 2. The van der Waals surface area contributed by atoms with Crippen molar-refractivity contribution < 1.29 is 21.9 Å². The van der Waals surface area contributed by atoms with Crippen molar-refractivity contribution in [1.29, 1.82) is 0 Å². The van der Waals surface area contributed by atoms with Crippen LogP contribution in [-0.2, 0) is 14.8 Å². The molecule has 0 aromatic heterocycles. The molecular formula is C12H16F2N2O3S. The number of ether oxygens (including phenoxy) is 1. The van der Waals surface area contributed by atoms with Crippen LogP contribution in [0.3, 0.4) is 0 Å². The third kappa shape index (κ3) is 2.92. The first kappa shape index (κ1) is 15.1. The second-order valence-electron chi connectivity index (χ2n) is 4.70. The molecule has 1 unspecified atom stereocenters. The minimum Gasteiger partial charge on any atom is -0.396 e. The van der Waals surface area contributed by atoms with Crippen molar-refractivity contribution in [2.45, 2.75) is 24.3 Å².